The van der Waals surface area contributed by atoms with Crippen molar-refractivity contribution in [1.29, 1.82) is 0 Å². The lowest BCUT2D eigenvalue weighted by Crippen LogP contribution is -2.52. The molecule has 1 fully saturated rings. The lowest BCUT2D eigenvalue weighted by atomic mass is 10.0. The third-order valence-corrected chi connectivity index (χ3v) is 5.34. The SMILES string of the molecule is COc1ccc(-c2nn(-c3ccccc3)cc2CC(=O)N2CCNC[C@@H]2C)cc1.Cl. The summed E-state index contributed by atoms with van der Waals surface area (Å²) in [5.41, 5.74) is 3.69. The van der Waals surface area contributed by atoms with Crippen LogP contribution in [0, 0.1) is 0 Å². The Morgan fingerprint density at radius 1 is 1.17 bits per heavy atom. The molecule has 7 heteroatoms. The Labute approximate surface area is 183 Å². The van der Waals surface area contributed by atoms with Crippen LogP contribution in [0.5, 0.6) is 5.75 Å². The van der Waals surface area contributed by atoms with Crippen LogP contribution in [0.25, 0.3) is 16.9 Å². The van der Waals surface area contributed by atoms with Gasteiger partial charge in [-0.05, 0) is 43.3 Å². The molecule has 30 heavy (non-hydrogen) atoms. The van der Waals surface area contributed by atoms with Crippen molar-refractivity contribution in [2.45, 2.75) is 19.4 Å². The maximum Gasteiger partial charge on any atom is 0.227 e. The summed E-state index contributed by atoms with van der Waals surface area (Å²) < 4.78 is 7.12. The topological polar surface area (TPSA) is 59.4 Å². The monoisotopic (exact) mass is 426 g/mol. The number of methoxy groups -OCH3 is 1. The van der Waals surface area contributed by atoms with E-state index in [1.165, 1.54) is 0 Å². The minimum absolute atomic E-state index is 0. The summed E-state index contributed by atoms with van der Waals surface area (Å²) in [6.07, 6.45) is 2.30. The van der Waals surface area contributed by atoms with E-state index in [-0.39, 0.29) is 24.4 Å². The Kier molecular flexibility index (Phi) is 7.13. The first kappa shape index (κ1) is 21.9. The third-order valence-electron chi connectivity index (χ3n) is 5.34. The van der Waals surface area contributed by atoms with Gasteiger partial charge in [0, 0.05) is 43.0 Å². The number of carbonyl (C=O) groups excluding carboxylic acids is 1. The van der Waals surface area contributed by atoms with Crippen LogP contribution in [0.2, 0.25) is 0 Å². The first-order valence-corrected chi connectivity index (χ1v) is 9.94. The summed E-state index contributed by atoms with van der Waals surface area (Å²) >= 11 is 0. The zero-order valence-corrected chi connectivity index (χ0v) is 18.1. The molecule has 3 aromatic rings. The molecule has 1 aliphatic heterocycles. The largest absolute Gasteiger partial charge is 0.497 e. The van der Waals surface area contributed by atoms with Gasteiger partial charge in [0.15, 0.2) is 0 Å². The second-order valence-corrected chi connectivity index (χ2v) is 7.33. The fraction of sp³-hybridized carbons (Fsp3) is 0.304. The van der Waals surface area contributed by atoms with Crippen molar-refractivity contribution >= 4 is 18.3 Å². The highest BCUT2D eigenvalue weighted by molar-refractivity contribution is 5.85. The van der Waals surface area contributed by atoms with E-state index < -0.39 is 0 Å². The van der Waals surface area contributed by atoms with Gasteiger partial charge in [0.25, 0.3) is 0 Å². The second-order valence-electron chi connectivity index (χ2n) is 7.33. The smallest absolute Gasteiger partial charge is 0.227 e. The molecule has 2 aromatic carbocycles. The molecule has 0 aliphatic carbocycles. The zero-order valence-electron chi connectivity index (χ0n) is 17.2. The molecule has 1 aromatic heterocycles. The third kappa shape index (κ3) is 4.66. The van der Waals surface area contributed by atoms with Gasteiger partial charge >= 0.3 is 0 Å². The summed E-state index contributed by atoms with van der Waals surface area (Å²) in [6, 6.07) is 18.0. The number of nitrogens with zero attached hydrogens (tertiary/aromatic N) is 3. The Balaban J connectivity index is 0.00000256. The number of piperazine rings is 1. The van der Waals surface area contributed by atoms with Gasteiger partial charge in [-0.25, -0.2) is 4.68 Å². The number of amides is 1. The first-order chi connectivity index (χ1) is 14.2. The van der Waals surface area contributed by atoms with Gasteiger partial charge in [-0.1, -0.05) is 18.2 Å². The van der Waals surface area contributed by atoms with Crippen molar-refractivity contribution in [3.8, 4) is 22.7 Å². The van der Waals surface area contributed by atoms with E-state index in [0.717, 1.165) is 47.9 Å². The number of ether oxygens (including phenoxy) is 1. The number of nitrogens with one attached hydrogen (secondary N) is 1. The second kappa shape index (κ2) is 9.78. The Morgan fingerprint density at radius 2 is 1.90 bits per heavy atom. The van der Waals surface area contributed by atoms with Crippen LogP contribution in [0.15, 0.2) is 60.8 Å². The maximum absolute atomic E-state index is 13.0. The molecular formula is C23H27ClN4O2. The van der Waals surface area contributed by atoms with Gasteiger partial charge < -0.3 is 15.0 Å². The molecule has 0 spiro atoms. The number of halogens is 1. The molecule has 1 aliphatic rings. The van der Waals surface area contributed by atoms with Crippen LogP contribution >= 0.6 is 12.4 Å². The molecule has 0 bridgehead atoms. The molecular weight excluding hydrogens is 400 g/mol. The molecule has 1 amide bonds. The van der Waals surface area contributed by atoms with Gasteiger partial charge in [0.2, 0.25) is 5.91 Å². The van der Waals surface area contributed by atoms with Crippen molar-refractivity contribution < 1.29 is 9.53 Å². The van der Waals surface area contributed by atoms with Crippen molar-refractivity contribution in [2.24, 2.45) is 0 Å². The quantitative estimate of drug-likeness (QED) is 0.679. The van der Waals surface area contributed by atoms with E-state index in [2.05, 4.69) is 12.2 Å². The van der Waals surface area contributed by atoms with E-state index in [4.69, 9.17) is 9.84 Å². The molecule has 2 heterocycles. The maximum atomic E-state index is 13.0. The van der Waals surface area contributed by atoms with Crippen molar-refractivity contribution in [3.05, 3.63) is 66.4 Å². The molecule has 6 nitrogen and oxygen atoms in total. The molecule has 0 radical (unpaired) electrons. The average molecular weight is 427 g/mol. The summed E-state index contributed by atoms with van der Waals surface area (Å²) in [6.45, 7) is 4.50. The van der Waals surface area contributed by atoms with E-state index in [1.54, 1.807) is 7.11 Å². The van der Waals surface area contributed by atoms with Gasteiger partial charge in [-0.3, -0.25) is 4.79 Å². The van der Waals surface area contributed by atoms with Gasteiger partial charge in [-0.15, -0.1) is 12.4 Å². The minimum Gasteiger partial charge on any atom is -0.497 e. The molecule has 0 saturated carbocycles. The Morgan fingerprint density at radius 3 is 2.57 bits per heavy atom. The lowest BCUT2D eigenvalue weighted by molar-refractivity contribution is -0.133. The molecule has 1 N–H and O–H groups in total. The minimum atomic E-state index is 0. The Hall–Kier alpha value is -2.83. The van der Waals surface area contributed by atoms with Gasteiger partial charge in [-0.2, -0.15) is 5.10 Å². The highest BCUT2D eigenvalue weighted by Crippen LogP contribution is 2.27. The number of hydrogen-bond donors (Lipinski definition) is 1. The lowest BCUT2D eigenvalue weighted by Gasteiger charge is -2.34. The highest BCUT2D eigenvalue weighted by Gasteiger charge is 2.25. The fourth-order valence-corrected chi connectivity index (χ4v) is 3.72. The number of carbonyl (C=O) groups is 1. The van der Waals surface area contributed by atoms with E-state index in [9.17, 15) is 4.79 Å². The summed E-state index contributed by atoms with van der Waals surface area (Å²) in [5.74, 6) is 0.935. The number of rotatable bonds is 5. The molecule has 4 rings (SSSR count). The first-order valence-electron chi connectivity index (χ1n) is 9.94. The van der Waals surface area contributed by atoms with Crippen LogP contribution in [0.4, 0.5) is 0 Å². The summed E-state index contributed by atoms with van der Waals surface area (Å²) in [5, 5.41) is 8.15. The van der Waals surface area contributed by atoms with E-state index in [1.807, 2.05) is 70.4 Å². The number of benzene rings is 2. The summed E-state index contributed by atoms with van der Waals surface area (Å²) in [7, 11) is 1.65. The predicted molar refractivity (Wildman–Crippen MR) is 121 cm³/mol. The van der Waals surface area contributed by atoms with Crippen LogP contribution in [0.1, 0.15) is 12.5 Å². The van der Waals surface area contributed by atoms with E-state index in [0.29, 0.717) is 6.42 Å². The average Bonchev–Trinajstić information content (AvgIpc) is 3.18. The Bertz CT molecular complexity index is 973. The van der Waals surface area contributed by atoms with Crippen molar-refractivity contribution in [1.82, 2.24) is 20.0 Å². The van der Waals surface area contributed by atoms with Crippen LogP contribution in [-0.4, -0.2) is 53.4 Å². The van der Waals surface area contributed by atoms with Crippen LogP contribution in [-0.2, 0) is 11.2 Å². The fourth-order valence-electron chi connectivity index (χ4n) is 3.72. The van der Waals surface area contributed by atoms with Crippen LogP contribution < -0.4 is 10.1 Å². The molecule has 1 atom stereocenters. The zero-order chi connectivity index (χ0) is 20.2. The van der Waals surface area contributed by atoms with Gasteiger partial charge in [0.1, 0.15) is 5.75 Å². The number of aromatic nitrogens is 2. The van der Waals surface area contributed by atoms with Gasteiger partial charge in [0.05, 0.1) is 24.9 Å². The molecule has 1 saturated heterocycles. The normalized spacial score (nSPS) is 16.1. The molecule has 158 valence electrons. The number of para-hydroxylation sites is 1. The molecule has 0 unspecified atom stereocenters. The summed E-state index contributed by atoms with van der Waals surface area (Å²) in [4.78, 5) is 15.0. The van der Waals surface area contributed by atoms with E-state index >= 15 is 0 Å². The van der Waals surface area contributed by atoms with Crippen molar-refractivity contribution in [3.63, 3.8) is 0 Å². The standard InChI is InChI=1S/C23H26N4O2.ClH/c1-17-15-24-12-13-26(17)22(28)14-19-16-27(20-6-4-3-5-7-20)25-23(19)18-8-10-21(29-2)11-9-18;/h3-11,16-17,24H,12-15H2,1-2H3;1H/t17-;/m0./s1. The number of hydrogen-bond acceptors (Lipinski definition) is 4. The van der Waals surface area contributed by atoms with Crippen molar-refractivity contribution in [2.75, 3.05) is 26.7 Å². The predicted octanol–water partition coefficient (Wildman–Crippen LogP) is 3.33. The highest BCUT2D eigenvalue weighted by atomic mass is 35.5. The van der Waals surface area contributed by atoms with Crippen LogP contribution in [0.3, 0.4) is 0 Å².